The summed E-state index contributed by atoms with van der Waals surface area (Å²) in [5.41, 5.74) is 0. The molecule has 0 radical (unpaired) electrons. The second kappa shape index (κ2) is 7.80. The van der Waals surface area contributed by atoms with E-state index in [0.29, 0.717) is 6.04 Å². The van der Waals surface area contributed by atoms with Crippen LogP contribution in [0.25, 0.3) is 0 Å². The largest absolute Gasteiger partial charge is 0.481 e. The molecule has 0 bridgehead atoms. The highest BCUT2D eigenvalue weighted by Crippen LogP contribution is 2.06. The minimum Gasteiger partial charge on any atom is -0.481 e. The lowest BCUT2D eigenvalue weighted by Crippen LogP contribution is -2.38. The molecule has 0 aromatic rings. The van der Waals surface area contributed by atoms with Crippen LogP contribution in [0.3, 0.4) is 0 Å². The first-order valence-electron chi connectivity index (χ1n) is 5.61. The van der Waals surface area contributed by atoms with Crippen LogP contribution in [0, 0.1) is 0 Å². The molecule has 1 unspecified atom stereocenters. The van der Waals surface area contributed by atoms with Gasteiger partial charge in [0.2, 0.25) is 0 Å². The Morgan fingerprint density at radius 3 is 2.14 bits per heavy atom. The van der Waals surface area contributed by atoms with Gasteiger partial charge < -0.3 is 10.4 Å². The molecule has 84 valence electrons. The fourth-order valence-electron chi connectivity index (χ4n) is 1.66. The van der Waals surface area contributed by atoms with Gasteiger partial charge >= 0.3 is 5.97 Å². The quantitative estimate of drug-likeness (QED) is 0.634. The zero-order valence-corrected chi connectivity index (χ0v) is 9.55. The standard InChI is InChI=1S/C11H23NO2/c1-4-7-10(8-11(13)14)12-9(5-2)6-3/h9-10,12H,4-8H2,1-3H3,(H,13,14). The lowest BCUT2D eigenvalue weighted by atomic mass is 10.1. The normalized spacial score (nSPS) is 13.1. The molecule has 0 aromatic carbocycles. The van der Waals surface area contributed by atoms with Crippen molar-refractivity contribution in [3.8, 4) is 0 Å². The van der Waals surface area contributed by atoms with E-state index in [1.165, 1.54) is 0 Å². The Kier molecular flexibility index (Phi) is 7.48. The van der Waals surface area contributed by atoms with Gasteiger partial charge in [-0.05, 0) is 19.3 Å². The van der Waals surface area contributed by atoms with Gasteiger partial charge in [0.15, 0.2) is 0 Å². The summed E-state index contributed by atoms with van der Waals surface area (Å²) in [5, 5.41) is 12.1. The Morgan fingerprint density at radius 2 is 1.79 bits per heavy atom. The van der Waals surface area contributed by atoms with Crippen molar-refractivity contribution in [3.63, 3.8) is 0 Å². The Bertz CT molecular complexity index is 155. The Hall–Kier alpha value is -0.570. The van der Waals surface area contributed by atoms with Crippen molar-refractivity contribution in [2.45, 2.75) is 65.0 Å². The van der Waals surface area contributed by atoms with Crippen molar-refractivity contribution in [1.82, 2.24) is 5.32 Å². The van der Waals surface area contributed by atoms with Crippen LogP contribution in [0.2, 0.25) is 0 Å². The fourth-order valence-corrected chi connectivity index (χ4v) is 1.66. The average Bonchev–Trinajstić information content (AvgIpc) is 2.13. The molecule has 14 heavy (non-hydrogen) atoms. The van der Waals surface area contributed by atoms with Crippen LogP contribution in [-0.2, 0) is 4.79 Å². The second-order valence-corrected chi connectivity index (χ2v) is 3.76. The molecule has 0 saturated carbocycles. The number of aliphatic carboxylic acids is 1. The van der Waals surface area contributed by atoms with Gasteiger partial charge in [-0.25, -0.2) is 0 Å². The lowest BCUT2D eigenvalue weighted by molar-refractivity contribution is -0.137. The molecule has 0 aromatic heterocycles. The van der Waals surface area contributed by atoms with Crippen LogP contribution in [0.1, 0.15) is 52.9 Å². The molecule has 0 amide bonds. The Labute approximate surface area is 86.9 Å². The molecule has 0 aliphatic rings. The van der Waals surface area contributed by atoms with E-state index in [-0.39, 0.29) is 12.5 Å². The van der Waals surface area contributed by atoms with Crippen molar-refractivity contribution in [2.24, 2.45) is 0 Å². The third kappa shape index (κ3) is 5.97. The Balaban J connectivity index is 3.99. The molecular formula is C11H23NO2. The van der Waals surface area contributed by atoms with Crippen LogP contribution >= 0.6 is 0 Å². The summed E-state index contributed by atoms with van der Waals surface area (Å²) in [7, 11) is 0. The lowest BCUT2D eigenvalue weighted by Gasteiger charge is -2.22. The van der Waals surface area contributed by atoms with Gasteiger partial charge in [-0.3, -0.25) is 4.79 Å². The van der Waals surface area contributed by atoms with E-state index in [0.717, 1.165) is 25.7 Å². The minimum absolute atomic E-state index is 0.141. The molecule has 0 saturated heterocycles. The van der Waals surface area contributed by atoms with E-state index >= 15 is 0 Å². The summed E-state index contributed by atoms with van der Waals surface area (Å²) >= 11 is 0. The van der Waals surface area contributed by atoms with Gasteiger partial charge in [-0.1, -0.05) is 27.2 Å². The molecule has 0 aliphatic carbocycles. The van der Waals surface area contributed by atoms with E-state index in [9.17, 15) is 4.79 Å². The zero-order valence-electron chi connectivity index (χ0n) is 9.55. The third-order valence-corrected chi connectivity index (χ3v) is 2.52. The Morgan fingerprint density at radius 1 is 1.21 bits per heavy atom. The monoisotopic (exact) mass is 201 g/mol. The predicted octanol–water partition coefficient (Wildman–Crippen LogP) is 2.41. The molecular weight excluding hydrogens is 178 g/mol. The van der Waals surface area contributed by atoms with Gasteiger partial charge in [0.25, 0.3) is 0 Å². The smallest absolute Gasteiger partial charge is 0.304 e. The topological polar surface area (TPSA) is 49.3 Å². The van der Waals surface area contributed by atoms with Gasteiger partial charge in [0.05, 0.1) is 6.42 Å². The van der Waals surface area contributed by atoms with E-state index < -0.39 is 5.97 Å². The van der Waals surface area contributed by atoms with E-state index in [1.54, 1.807) is 0 Å². The number of carbonyl (C=O) groups is 1. The summed E-state index contributed by atoms with van der Waals surface area (Å²) in [4.78, 5) is 10.6. The van der Waals surface area contributed by atoms with Crippen LogP contribution < -0.4 is 5.32 Å². The van der Waals surface area contributed by atoms with Crippen LogP contribution in [0.5, 0.6) is 0 Å². The van der Waals surface area contributed by atoms with Gasteiger partial charge in [0, 0.05) is 12.1 Å². The maximum absolute atomic E-state index is 10.6. The second-order valence-electron chi connectivity index (χ2n) is 3.76. The predicted molar refractivity (Wildman–Crippen MR) is 58.5 cm³/mol. The van der Waals surface area contributed by atoms with E-state index in [1.807, 2.05) is 0 Å². The molecule has 0 heterocycles. The molecule has 3 nitrogen and oxygen atoms in total. The first-order valence-corrected chi connectivity index (χ1v) is 5.61. The van der Waals surface area contributed by atoms with Crippen LogP contribution in [-0.4, -0.2) is 23.2 Å². The number of hydrogen-bond donors (Lipinski definition) is 2. The van der Waals surface area contributed by atoms with Gasteiger partial charge in [0.1, 0.15) is 0 Å². The molecule has 0 fully saturated rings. The molecule has 0 spiro atoms. The van der Waals surface area contributed by atoms with Crippen molar-refractivity contribution >= 4 is 5.97 Å². The molecule has 0 rings (SSSR count). The van der Waals surface area contributed by atoms with Crippen molar-refractivity contribution in [2.75, 3.05) is 0 Å². The number of hydrogen-bond acceptors (Lipinski definition) is 2. The highest BCUT2D eigenvalue weighted by atomic mass is 16.4. The summed E-state index contributed by atoms with van der Waals surface area (Å²) in [6.07, 6.45) is 4.35. The minimum atomic E-state index is -0.707. The summed E-state index contributed by atoms with van der Waals surface area (Å²) in [6, 6.07) is 0.605. The number of rotatable bonds is 8. The average molecular weight is 201 g/mol. The first kappa shape index (κ1) is 13.4. The van der Waals surface area contributed by atoms with Crippen molar-refractivity contribution < 1.29 is 9.90 Å². The van der Waals surface area contributed by atoms with Gasteiger partial charge in [-0.15, -0.1) is 0 Å². The fraction of sp³-hybridized carbons (Fsp3) is 0.909. The maximum Gasteiger partial charge on any atom is 0.304 e. The number of nitrogens with one attached hydrogen (secondary N) is 1. The molecule has 0 aliphatic heterocycles. The first-order chi connectivity index (χ1) is 6.63. The third-order valence-electron chi connectivity index (χ3n) is 2.52. The SMILES string of the molecule is CCCC(CC(=O)O)NC(CC)CC. The van der Waals surface area contributed by atoms with E-state index in [4.69, 9.17) is 5.11 Å². The highest BCUT2D eigenvalue weighted by Gasteiger charge is 2.14. The van der Waals surface area contributed by atoms with Crippen LogP contribution in [0.15, 0.2) is 0 Å². The summed E-state index contributed by atoms with van der Waals surface area (Å²) < 4.78 is 0. The van der Waals surface area contributed by atoms with Crippen molar-refractivity contribution in [1.29, 1.82) is 0 Å². The van der Waals surface area contributed by atoms with Crippen LogP contribution in [0.4, 0.5) is 0 Å². The molecule has 2 N–H and O–H groups in total. The summed E-state index contributed by atoms with van der Waals surface area (Å²) in [5.74, 6) is -0.707. The van der Waals surface area contributed by atoms with Gasteiger partial charge in [-0.2, -0.15) is 0 Å². The molecule has 3 heteroatoms. The highest BCUT2D eigenvalue weighted by molar-refractivity contribution is 5.67. The summed E-state index contributed by atoms with van der Waals surface area (Å²) in [6.45, 7) is 6.35. The number of carboxylic acid groups (broad SMARTS) is 1. The van der Waals surface area contributed by atoms with Crippen molar-refractivity contribution in [3.05, 3.63) is 0 Å². The number of carboxylic acids is 1. The van der Waals surface area contributed by atoms with E-state index in [2.05, 4.69) is 26.1 Å². The molecule has 1 atom stereocenters. The maximum atomic E-state index is 10.6. The zero-order chi connectivity index (χ0) is 11.0.